The summed E-state index contributed by atoms with van der Waals surface area (Å²) >= 11 is 11.8. The van der Waals surface area contributed by atoms with E-state index in [0.29, 0.717) is 22.3 Å². The van der Waals surface area contributed by atoms with Gasteiger partial charge in [-0.1, -0.05) is 41.4 Å². The third-order valence-electron chi connectivity index (χ3n) is 3.69. The first-order valence-electron chi connectivity index (χ1n) is 7.15. The molecule has 0 saturated carbocycles. The van der Waals surface area contributed by atoms with E-state index in [1.165, 1.54) is 0 Å². The van der Waals surface area contributed by atoms with Crippen LogP contribution in [0.4, 0.5) is 11.4 Å². The van der Waals surface area contributed by atoms with Crippen molar-refractivity contribution in [3.63, 3.8) is 0 Å². The Bertz CT molecular complexity index is 729. The zero-order valence-corrected chi connectivity index (χ0v) is 13.6. The summed E-state index contributed by atoms with van der Waals surface area (Å²) in [6.07, 6.45) is 0.190. The number of carbonyl (C=O) groups excluding carboxylic acids is 2. The lowest BCUT2D eigenvalue weighted by Gasteiger charge is -2.16. The molecule has 0 radical (unpaired) electrons. The standard InChI is InChI=1S/C17H14Cl2N2O2/c18-12-7-13(19)9-14(8-12)20-17(23)11-6-16(22)21(10-11)15-4-2-1-3-5-15/h1-5,7-9,11H,6,10H2,(H,20,23). The molecule has 4 nitrogen and oxygen atoms in total. The fourth-order valence-corrected chi connectivity index (χ4v) is 3.14. The SMILES string of the molecule is O=C(Nc1cc(Cl)cc(Cl)c1)C1CC(=O)N(c2ccccc2)C1. The van der Waals surface area contributed by atoms with Crippen molar-refractivity contribution in [2.45, 2.75) is 6.42 Å². The van der Waals surface area contributed by atoms with Gasteiger partial charge in [-0.2, -0.15) is 0 Å². The van der Waals surface area contributed by atoms with Gasteiger partial charge in [0, 0.05) is 34.4 Å². The molecule has 1 N–H and O–H groups in total. The Morgan fingerprint density at radius 2 is 1.74 bits per heavy atom. The van der Waals surface area contributed by atoms with Crippen LogP contribution < -0.4 is 10.2 Å². The lowest BCUT2D eigenvalue weighted by Crippen LogP contribution is -2.28. The molecule has 2 aromatic rings. The molecule has 1 aliphatic heterocycles. The molecule has 2 aromatic carbocycles. The number of rotatable bonds is 3. The Hall–Kier alpha value is -2.04. The Kier molecular flexibility index (Phi) is 4.55. The molecule has 2 amide bonds. The van der Waals surface area contributed by atoms with Gasteiger partial charge in [-0.25, -0.2) is 0 Å². The quantitative estimate of drug-likeness (QED) is 0.911. The first kappa shape index (κ1) is 15.8. The van der Waals surface area contributed by atoms with Gasteiger partial charge in [0.15, 0.2) is 0 Å². The van der Waals surface area contributed by atoms with Crippen molar-refractivity contribution in [3.8, 4) is 0 Å². The van der Waals surface area contributed by atoms with Gasteiger partial charge in [0.1, 0.15) is 0 Å². The molecule has 1 atom stereocenters. The maximum absolute atomic E-state index is 12.4. The molecule has 0 aromatic heterocycles. The second-order valence-corrected chi connectivity index (χ2v) is 6.26. The summed E-state index contributed by atoms with van der Waals surface area (Å²) in [4.78, 5) is 26.2. The predicted octanol–water partition coefficient (Wildman–Crippen LogP) is 3.99. The summed E-state index contributed by atoms with van der Waals surface area (Å²) in [5.74, 6) is -0.670. The van der Waals surface area contributed by atoms with Crippen LogP contribution in [0.3, 0.4) is 0 Å². The van der Waals surface area contributed by atoms with Crippen molar-refractivity contribution in [3.05, 3.63) is 58.6 Å². The van der Waals surface area contributed by atoms with Crippen molar-refractivity contribution in [2.24, 2.45) is 5.92 Å². The van der Waals surface area contributed by atoms with Crippen molar-refractivity contribution >= 4 is 46.4 Å². The highest BCUT2D eigenvalue weighted by Crippen LogP contribution is 2.27. The summed E-state index contributed by atoms with van der Waals surface area (Å²) in [7, 11) is 0. The van der Waals surface area contributed by atoms with Gasteiger partial charge < -0.3 is 10.2 Å². The Morgan fingerprint density at radius 1 is 1.09 bits per heavy atom. The van der Waals surface area contributed by atoms with Crippen LogP contribution in [0, 0.1) is 5.92 Å². The Balaban J connectivity index is 1.70. The van der Waals surface area contributed by atoms with E-state index in [1.807, 2.05) is 30.3 Å². The largest absolute Gasteiger partial charge is 0.326 e. The smallest absolute Gasteiger partial charge is 0.229 e. The topological polar surface area (TPSA) is 49.4 Å². The molecular formula is C17H14Cl2N2O2. The third-order valence-corrected chi connectivity index (χ3v) is 4.13. The monoisotopic (exact) mass is 348 g/mol. The van der Waals surface area contributed by atoms with Crippen molar-refractivity contribution in [1.82, 2.24) is 0 Å². The Morgan fingerprint density at radius 3 is 2.39 bits per heavy atom. The number of hydrogen-bond donors (Lipinski definition) is 1. The van der Waals surface area contributed by atoms with Gasteiger partial charge in [-0.15, -0.1) is 0 Å². The Labute approximate surface area is 144 Å². The maximum Gasteiger partial charge on any atom is 0.229 e. The zero-order chi connectivity index (χ0) is 16.4. The number of nitrogens with one attached hydrogen (secondary N) is 1. The van der Waals surface area contributed by atoms with E-state index >= 15 is 0 Å². The highest BCUT2D eigenvalue weighted by atomic mass is 35.5. The molecule has 0 bridgehead atoms. The highest BCUT2D eigenvalue weighted by molar-refractivity contribution is 6.35. The van der Waals surface area contributed by atoms with E-state index in [9.17, 15) is 9.59 Å². The van der Waals surface area contributed by atoms with E-state index in [1.54, 1.807) is 23.1 Å². The van der Waals surface area contributed by atoms with Crippen LogP contribution >= 0.6 is 23.2 Å². The molecule has 1 unspecified atom stereocenters. The molecule has 23 heavy (non-hydrogen) atoms. The summed E-state index contributed by atoms with van der Waals surface area (Å²) in [6.45, 7) is 0.364. The van der Waals surface area contributed by atoms with Gasteiger partial charge >= 0.3 is 0 Å². The number of amides is 2. The number of hydrogen-bond acceptors (Lipinski definition) is 2. The molecule has 3 rings (SSSR count). The van der Waals surface area contributed by atoms with Gasteiger partial charge in [0.25, 0.3) is 0 Å². The van der Waals surface area contributed by atoms with Crippen LogP contribution in [0.5, 0.6) is 0 Å². The first-order chi connectivity index (χ1) is 11.0. The molecule has 6 heteroatoms. The third kappa shape index (κ3) is 3.66. The second-order valence-electron chi connectivity index (χ2n) is 5.39. The van der Waals surface area contributed by atoms with Gasteiger partial charge in [0.2, 0.25) is 11.8 Å². The fourth-order valence-electron chi connectivity index (χ4n) is 2.61. The number of para-hydroxylation sites is 1. The number of halogens is 2. The fraction of sp³-hybridized carbons (Fsp3) is 0.176. The van der Waals surface area contributed by atoms with Crippen molar-refractivity contribution in [1.29, 1.82) is 0 Å². The summed E-state index contributed by atoms with van der Waals surface area (Å²) in [5.41, 5.74) is 1.33. The molecule has 1 aliphatic rings. The summed E-state index contributed by atoms with van der Waals surface area (Å²) in [5, 5.41) is 3.66. The van der Waals surface area contributed by atoms with Crippen molar-refractivity contribution < 1.29 is 9.59 Å². The van der Waals surface area contributed by atoms with Crippen LogP contribution in [0.15, 0.2) is 48.5 Å². The van der Waals surface area contributed by atoms with Crippen LogP contribution in [0.25, 0.3) is 0 Å². The van der Waals surface area contributed by atoms with Crippen LogP contribution in [0.1, 0.15) is 6.42 Å². The van der Waals surface area contributed by atoms with Crippen LogP contribution in [-0.4, -0.2) is 18.4 Å². The molecular weight excluding hydrogens is 335 g/mol. The van der Waals surface area contributed by atoms with Gasteiger partial charge in [0.05, 0.1) is 5.92 Å². The van der Waals surface area contributed by atoms with Crippen LogP contribution in [0.2, 0.25) is 10.0 Å². The van der Waals surface area contributed by atoms with Gasteiger partial charge in [-0.05, 0) is 30.3 Å². The highest BCUT2D eigenvalue weighted by Gasteiger charge is 2.35. The number of anilines is 2. The maximum atomic E-state index is 12.4. The van der Waals surface area contributed by atoms with Crippen LogP contribution in [-0.2, 0) is 9.59 Å². The van der Waals surface area contributed by atoms with Crippen molar-refractivity contribution in [2.75, 3.05) is 16.8 Å². The lowest BCUT2D eigenvalue weighted by atomic mass is 10.1. The zero-order valence-electron chi connectivity index (χ0n) is 12.1. The van der Waals surface area contributed by atoms with Gasteiger partial charge in [-0.3, -0.25) is 9.59 Å². The summed E-state index contributed by atoms with van der Waals surface area (Å²) in [6, 6.07) is 14.2. The molecule has 118 valence electrons. The summed E-state index contributed by atoms with van der Waals surface area (Å²) < 4.78 is 0. The lowest BCUT2D eigenvalue weighted by molar-refractivity contribution is -0.122. The van der Waals surface area contributed by atoms with E-state index < -0.39 is 5.92 Å². The average Bonchev–Trinajstić information content (AvgIpc) is 2.89. The average molecular weight is 349 g/mol. The number of nitrogens with zero attached hydrogens (tertiary/aromatic N) is 1. The molecule has 1 saturated heterocycles. The normalized spacial score (nSPS) is 17.4. The minimum absolute atomic E-state index is 0.0551. The minimum atomic E-state index is -0.402. The van der Waals surface area contributed by atoms with E-state index in [4.69, 9.17) is 23.2 Å². The first-order valence-corrected chi connectivity index (χ1v) is 7.91. The number of benzene rings is 2. The molecule has 0 aliphatic carbocycles. The molecule has 1 heterocycles. The van der Waals surface area contributed by atoms with E-state index in [0.717, 1.165) is 5.69 Å². The van der Waals surface area contributed by atoms with E-state index in [-0.39, 0.29) is 18.2 Å². The molecule has 0 spiro atoms. The number of carbonyl (C=O) groups is 2. The molecule has 1 fully saturated rings. The van der Waals surface area contributed by atoms with E-state index in [2.05, 4.69) is 5.32 Å². The minimum Gasteiger partial charge on any atom is -0.326 e. The second kappa shape index (κ2) is 6.60. The predicted molar refractivity (Wildman–Crippen MR) is 92.0 cm³/mol.